The van der Waals surface area contributed by atoms with Crippen molar-refractivity contribution in [3.05, 3.63) is 72.2 Å². The lowest BCUT2D eigenvalue weighted by Crippen LogP contribution is -2.46. The zero-order valence-corrected chi connectivity index (χ0v) is 21.3. The van der Waals surface area contributed by atoms with Crippen molar-refractivity contribution >= 4 is 23.2 Å². The number of amides is 1. The number of hydrogen-bond acceptors (Lipinski definition) is 7. The summed E-state index contributed by atoms with van der Waals surface area (Å²) >= 11 is 0. The Bertz CT molecular complexity index is 1670. The van der Waals surface area contributed by atoms with Gasteiger partial charge in [-0.15, -0.1) is 0 Å². The molecule has 0 aromatic carbocycles. The number of hydrogen-bond donors (Lipinski definition) is 3. The van der Waals surface area contributed by atoms with Crippen LogP contribution in [0.5, 0.6) is 0 Å². The number of rotatable bonds is 5. The Morgan fingerprint density at radius 2 is 1.87 bits per heavy atom. The van der Waals surface area contributed by atoms with Crippen molar-refractivity contribution in [1.29, 1.82) is 0 Å². The molecule has 2 aliphatic rings. The molecule has 11 nitrogen and oxygen atoms in total. The largest absolute Gasteiger partial charge is 0.383 e. The molecule has 2 saturated heterocycles. The molecule has 5 aromatic heterocycles. The fourth-order valence-electron chi connectivity index (χ4n) is 6.33. The van der Waals surface area contributed by atoms with Crippen LogP contribution < -0.4 is 5.73 Å². The maximum atomic E-state index is 13.2. The predicted molar refractivity (Wildman–Crippen MR) is 144 cm³/mol. The van der Waals surface area contributed by atoms with Crippen molar-refractivity contribution in [1.82, 2.24) is 39.4 Å². The van der Waals surface area contributed by atoms with Crippen LogP contribution >= 0.6 is 0 Å². The van der Waals surface area contributed by atoms with Gasteiger partial charge in [-0.3, -0.25) is 14.6 Å². The highest BCUT2D eigenvalue weighted by Crippen LogP contribution is 2.45. The first-order valence-electron chi connectivity index (χ1n) is 13.1. The maximum absolute atomic E-state index is 13.2. The van der Waals surface area contributed by atoms with E-state index >= 15 is 0 Å². The van der Waals surface area contributed by atoms with Crippen LogP contribution in [0, 0.1) is 0 Å². The number of carbonyl (C=O) groups excluding carboxylic acids is 2. The number of nitrogens with one attached hydrogen (secondary N) is 2. The lowest BCUT2D eigenvalue weighted by Gasteiger charge is -2.39. The van der Waals surface area contributed by atoms with E-state index in [1.807, 2.05) is 23.1 Å². The second-order valence-electron chi connectivity index (χ2n) is 10.3. The summed E-state index contributed by atoms with van der Waals surface area (Å²) in [4.78, 5) is 48.0. The number of ketones is 1. The van der Waals surface area contributed by atoms with Gasteiger partial charge in [0.1, 0.15) is 11.5 Å². The molecule has 3 atom stereocenters. The molecule has 2 fully saturated rings. The van der Waals surface area contributed by atoms with E-state index in [0.29, 0.717) is 28.3 Å². The van der Waals surface area contributed by atoms with E-state index in [4.69, 9.17) is 10.7 Å². The van der Waals surface area contributed by atoms with Gasteiger partial charge in [-0.25, -0.2) is 9.97 Å². The van der Waals surface area contributed by atoms with Crippen molar-refractivity contribution in [2.45, 2.75) is 50.6 Å². The molecule has 39 heavy (non-hydrogen) atoms. The number of aromatic nitrogens is 7. The van der Waals surface area contributed by atoms with Crippen LogP contribution in [0.1, 0.15) is 64.9 Å². The molecule has 7 heterocycles. The second kappa shape index (κ2) is 8.90. The standard InChI is InChI=1S/C28H27N9O2/c1-15(38)23-24(18-10-19-3-4-20(11-18)36(19)28(39)17-6-7-30-12-17)35-27-21(14-34-37(27)25(23)29)16-2-5-22(33-13-16)26-31-8-9-32-26/h2,5-9,12-14,18-20,30H,3-4,10-11,29H2,1H3,(H,31,32)/t18?,19-,20+. The third-order valence-corrected chi connectivity index (χ3v) is 8.08. The van der Waals surface area contributed by atoms with E-state index in [1.54, 1.807) is 37.2 Å². The van der Waals surface area contributed by atoms with Crippen LogP contribution in [-0.2, 0) is 0 Å². The lowest BCUT2D eigenvalue weighted by atomic mass is 9.85. The van der Waals surface area contributed by atoms with Crippen LogP contribution in [-0.4, -0.2) is 63.2 Å². The SMILES string of the molecule is CC(=O)c1c(C2C[C@H]3CC[C@@H](C2)N3C(=O)c2cc[nH]c2)nc2c(-c3ccc(-c4ncc[nH]4)nc3)cnn2c1N. The van der Waals surface area contributed by atoms with Gasteiger partial charge in [0.15, 0.2) is 17.3 Å². The average molecular weight is 522 g/mol. The molecule has 1 amide bonds. The number of H-pyrrole nitrogens is 2. The number of nitrogens with two attached hydrogens (primary N) is 1. The first-order valence-corrected chi connectivity index (χ1v) is 13.1. The van der Waals surface area contributed by atoms with Crippen molar-refractivity contribution < 1.29 is 9.59 Å². The molecule has 0 saturated carbocycles. The van der Waals surface area contributed by atoms with Gasteiger partial charge < -0.3 is 20.6 Å². The Labute approximate surface area is 223 Å². The molecule has 7 rings (SSSR count). The third-order valence-electron chi connectivity index (χ3n) is 8.08. The van der Waals surface area contributed by atoms with E-state index in [-0.39, 0.29) is 35.5 Å². The number of carbonyl (C=O) groups is 2. The topological polar surface area (TPSA) is 151 Å². The Kier molecular flexibility index (Phi) is 5.32. The first-order chi connectivity index (χ1) is 19.0. The molecule has 5 aromatic rings. The quantitative estimate of drug-likeness (QED) is 0.297. The number of anilines is 1. The molecular formula is C28H27N9O2. The van der Waals surface area contributed by atoms with E-state index in [1.165, 1.54) is 11.4 Å². The second-order valence-corrected chi connectivity index (χ2v) is 10.3. The highest BCUT2D eigenvalue weighted by atomic mass is 16.2. The molecule has 196 valence electrons. The summed E-state index contributed by atoms with van der Waals surface area (Å²) in [5, 5.41) is 4.48. The molecule has 0 aliphatic carbocycles. The normalized spacial score (nSPS) is 20.5. The summed E-state index contributed by atoms with van der Waals surface area (Å²) in [6.07, 6.45) is 13.8. The van der Waals surface area contributed by atoms with Gasteiger partial charge >= 0.3 is 0 Å². The highest BCUT2D eigenvalue weighted by molar-refractivity contribution is 6.00. The van der Waals surface area contributed by atoms with E-state index < -0.39 is 0 Å². The smallest absolute Gasteiger partial charge is 0.255 e. The van der Waals surface area contributed by atoms with E-state index in [9.17, 15) is 9.59 Å². The Morgan fingerprint density at radius 1 is 1.05 bits per heavy atom. The van der Waals surface area contributed by atoms with Gasteiger partial charge in [0.25, 0.3) is 5.91 Å². The minimum absolute atomic E-state index is 0.00572. The maximum Gasteiger partial charge on any atom is 0.255 e. The van der Waals surface area contributed by atoms with Gasteiger partial charge in [-0.2, -0.15) is 9.61 Å². The van der Waals surface area contributed by atoms with E-state index in [0.717, 1.165) is 42.5 Å². The van der Waals surface area contributed by atoms with Crippen molar-refractivity contribution in [2.75, 3.05) is 5.73 Å². The fraction of sp³-hybridized carbons (Fsp3) is 0.286. The number of nitrogens with zero attached hydrogens (tertiary/aromatic N) is 6. The predicted octanol–water partition coefficient (Wildman–Crippen LogP) is 3.85. The Morgan fingerprint density at radius 3 is 2.51 bits per heavy atom. The summed E-state index contributed by atoms with van der Waals surface area (Å²) in [6, 6.07) is 5.84. The number of imidazole rings is 1. The van der Waals surface area contributed by atoms with Crippen LogP contribution in [0.25, 0.3) is 28.3 Å². The summed E-state index contributed by atoms with van der Waals surface area (Å²) in [7, 11) is 0. The zero-order valence-electron chi connectivity index (χ0n) is 21.3. The van der Waals surface area contributed by atoms with Crippen LogP contribution in [0.2, 0.25) is 0 Å². The monoisotopic (exact) mass is 521 g/mol. The van der Waals surface area contributed by atoms with Crippen LogP contribution in [0.15, 0.2) is 55.4 Å². The van der Waals surface area contributed by atoms with Crippen molar-refractivity contribution in [3.8, 4) is 22.6 Å². The molecule has 2 aliphatic heterocycles. The molecule has 2 bridgehead atoms. The van der Waals surface area contributed by atoms with Gasteiger partial charge in [-0.05, 0) is 44.7 Å². The van der Waals surface area contributed by atoms with E-state index in [2.05, 4.69) is 25.0 Å². The number of Topliss-reactive ketones (excluding diaryl/α,β-unsaturated/α-hetero) is 1. The van der Waals surface area contributed by atoms with Crippen LogP contribution in [0.3, 0.4) is 0 Å². The molecule has 4 N–H and O–H groups in total. The average Bonchev–Trinajstić information content (AvgIpc) is 3.75. The molecule has 11 heteroatoms. The summed E-state index contributed by atoms with van der Waals surface area (Å²) in [5.41, 5.74) is 11.3. The van der Waals surface area contributed by atoms with Crippen LogP contribution in [0.4, 0.5) is 5.82 Å². The molecular weight excluding hydrogens is 494 g/mol. The minimum Gasteiger partial charge on any atom is -0.383 e. The number of piperidine rings is 1. The van der Waals surface area contributed by atoms with Crippen molar-refractivity contribution in [3.63, 3.8) is 0 Å². The Hall–Kier alpha value is -4.80. The summed E-state index contributed by atoms with van der Waals surface area (Å²) in [5.74, 6) is 0.892. The number of nitrogen functional groups attached to an aromatic ring is 1. The molecule has 0 spiro atoms. The number of aromatic amines is 2. The van der Waals surface area contributed by atoms with Gasteiger partial charge in [0.05, 0.1) is 23.0 Å². The number of pyridine rings is 1. The molecule has 1 unspecified atom stereocenters. The summed E-state index contributed by atoms with van der Waals surface area (Å²) in [6.45, 7) is 1.52. The number of fused-ring (bicyclic) bond motifs is 3. The highest BCUT2D eigenvalue weighted by Gasteiger charge is 2.45. The van der Waals surface area contributed by atoms with Gasteiger partial charge in [0.2, 0.25) is 0 Å². The first kappa shape index (κ1) is 23.3. The zero-order chi connectivity index (χ0) is 26.7. The Balaban J connectivity index is 1.27. The fourth-order valence-corrected chi connectivity index (χ4v) is 6.33. The summed E-state index contributed by atoms with van der Waals surface area (Å²) < 4.78 is 1.54. The van der Waals surface area contributed by atoms with Gasteiger partial charge in [-0.1, -0.05) is 6.07 Å². The third kappa shape index (κ3) is 3.72. The molecule has 0 radical (unpaired) electrons. The van der Waals surface area contributed by atoms with Gasteiger partial charge in [0, 0.05) is 60.1 Å². The van der Waals surface area contributed by atoms with Crippen molar-refractivity contribution in [2.24, 2.45) is 0 Å². The minimum atomic E-state index is -0.142. The lowest BCUT2D eigenvalue weighted by molar-refractivity contribution is 0.0568.